The Morgan fingerprint density at radius 3 is 2.26 bits per heavy atom. The molecule has 1 aromatic carbocycles. The lowest BCUT2D eigenvalue weighted by Gasteiger charge is -2.32. The molecule has 1 N–H and O–H groups in total. The van der Waals surface area contributed by atoms with Gasteiger partial charge in [0, 0.05) is 43.9 Å². The van der Waals surface area contributed by atoms with Crippen LogP contribution in [-0.2, 0) is 6.42 Å². The first-order chi connectivity index (χ1) is 9.06. The average molecular weight is 270 g/mol. The summed E-state index contributed by atoms with van der Waals surface area (Å²) in [4.78, 5) is 4.59. The summed E-state index contributed by atoms with van der Waals surface area (Å²) in [6.07, 6.45) is 1.09. The minimum Gasteiger partial charge on any atom is -0.508 e. The van der Waals surface area contributed by atoms with Gasteiger partial charge in [0.05, 0.1) is 0 Å². The van der Waals surface area contributed by atoms with Crippen LogP contribution in [0.5, 0.6) is 5.75 Å². The molecular formula is C14H20F2N2O. The summed E-state index contributed by atoms with van der Waals surface area (Å²) < 4.78 is 27.0. The molecule has 0 aliphatic carbocycles. The molecule has 3 nitrogen and oxygen atoms in total. The van der Waals surface area contributed by atoms with E-state index in [1.807, 2.05) is 0 Å². The molecule has 0 radical (unpaired) electrons. The highest BCUT2D eigenvalue weighted by atomic mass is 19.1. The van der Waals surface area contributed by atoms with Gasteiger partial charge in [-0.25, -0.2) is 8.78 Å². The van der Waals surface area contributed by atoms with E-state index < -0.39 is 11.6 Å². The topological polar surface area (TPSA) is 26.7 Å². The van der Waals surface area contributed by atoms with Gasteiger partial charge in [0.25, 0.3) is 0 Å². The summed E-state index contributed by atoms with van der Waals surface area (Å²) in [5, 5.41) is 9.08. The largest absolute Gasteiger partial charge is 0.508 e. The van der Waals surface area contributed by atoms with Crippen molar-refractivity contribution in [2.45, 2.75) is 12.8 Å². The lowest BCUT2D eigenvalue weighted by Crippen LogP contribution is -2.44. The van der Waals surface area contributed by atoms with Crippen molar-refractivity contribution in [1.29, 1.82) is 0 Å². The smallest absolute Gasteiger partial charge is 0.132 e. The van der Waals surface area contributed by atoms with Gasteiger partial charge in [0.2, 0.25) is 0 Å². The number of nitrogens with zero attached hydrogens (tertiary/aromatic N) is 2. The maximum absolute atomic E-state index is 13.5. The van der Waals surface area contributed by atoms with Crippen molar-refractivity contribution >= 4 is 0 Å². The number of rotatable bonds is 4. The SMILES string of the molecule is CN1CCN(CCCc2c(F)cc(O)cc2F)CC1. The molecule has 2 rings (SSSR count). The second kappa shape index (κ2) is 6.30. The maximum Gasteiger partial charge on any atom is 0.132 e. The lowest BCUT2D eigenvalue weighted by atomic mass is 10.1. The Morgan fingerprint density at radius 1 is 1.11 bits per heavy atom. The van der Waals surface area contributed by atoms with Gasteiger partial charge in [0.15, 0.2) is 0 Å². The molecule has 1 fully saturated rings. The van der Waals surface area contributed by atoms with Crippen LogP contribution in [0.25, 0.3) is 0 Å². The molecule has 0 bridgehead atoms. The monoisotopic (exact) mass is 270 g/mol. The van der Waals surface area contributed by atoms with E-state index in [4.69, 9.17) is 5.11 Å². The summed E-state index contributed by atoms with van der Waals surface area (Å²) in [6.45, 7) is 4.96. The van der Waals surface area contributed by atoms with Crippen molar-refractivity contribution in [3.05, 3.63) is 29.3 Å². The van der Waals surface area contributed by atoms with Crippen LogP contribution in [0, 0.1) is 11.6 Å². The van der Waals surface area contributed by atoms with Crippen LogP contribution < -0.4 is 0 Å². The molecule has 0 amide bonds. The molecule has 0 unspecified atom stereocenters. The molecule has 1 aliphatic heterocycles. The third kappa shape index (κ3) is 3.88. The van der Waals surface area contributed by atoms with Crippen LogP contribution in [0.2, 0.25) is 0 Å². The van der Waals surface area contributed by atoms with Crippen LogP contribution in [0.1, 0.15) is 12.0 Å². The first-order valence-corrected chi connectivity index (χ1v) is 6.64. The average Bonchev–Trinajstić information content (AvgIpc) is 2.34. The van der Waals surface area contributed by atoms with Gasteiger partial charge in [-0.05, 0) is 26.4 Å². The highest BCUT2D eigenvalue weighted by Crippen LogP contribution is 2.20. The van der Waals surface area contributed by atoms with Crippen molar-refractivity contribution in [3.63, 3.8) is 0 Å². The Hall–Kier alpha value is -1.20. The van der Waals surface area contributed by atoms with E-state index in [9.17, 15) is 8.78 Å². The van der Waals surface area contributed by atoms with Gasteiger partial charge >= 0.3 is 0 Å². The molecule has 0 atom stereocenters. The quantitative estimate of drug-likeness (QED) is 0.904. The summed E-state index contributed by atoms with van der Waals surface area (Å²) in [7, 11) is 2.10. The van der Waals surface area contributed by atoms with E-state index in [2.05, 4.69) is 16.8 Å². The predicted octanol–water partition coefficient (Wildman–Crippen LogP) is 1.85. The summed E-state index contributed by atoms with van der Waals surface area (Å²) in [5.74, 6) is -1.68. The molecule has 0 aromatic heterocycles. The van der Waals surface area contributed by atoms with Crippen molar-refractivity contribution in [2.24, 2.45) is 0 Å². The summed E-state index contributed by atoms with van der Waals surface area (Å²) in [6, 6.07) is 1.93. The Bertz CT molecular complexity index is 408. The molecule has 1 aromatic rings. The Labute approximate surface area is 112 Å². The van der Waals surface area contributed by atoms with Crippen LogP contribution >= 0.6 is 0 Å². The van der Waals surface area contributed by atoms with Crippen molar-refractivity contribution in [3.8, 4) is 5.75 Å². The number of halogens is 2. The van der Waals surface area contributed by atoms with Gasteiger partial charge in [-0.15, -0.1) is 0 Å². The van der Waals surface area contributed by atoms with Crippen LogP contribution in [0.15, 0.2) is 12.1 Å². The van der Waals surface area contributed by atoms with E-state index >= 15 is 0 Å². The Balaban J connectivity index is 1.83. The number of likely N-dealkylation sites (N-methyl/N-ethyl adjacent to an activating group) is 1. The fourth-order valence-corrected chi connectivity index (χ4v) is 2.38. The predicted molar refractivity (Wildman–Crippen MR) is 70.3 cm³/mol. The molecular weight excluding hydrogens is 250 g/mol. The number of aromatic hydroxyl groups is 1. The van der Waals surface area contributed by atoms with Crippen molar-refractivity contribution in [2.75, 3.05) is 39.8 Å². The summed E-state index contributed by atoms with van der Waals surface area (Å²) >= 11 is 0. The Kier molecular flexibility index (Phi) is 4.71. The molecule has 1 saturated heterocycles. The van der Waals surface area contributed by atoms with Gasteiger partial charge in [-0.1, -0.05) is 0 Å². The second-order valence-electron chi connectivity index (χ2n) is 5.14. The molecule has 0 spiro atoms. The van der Waals surface area contributed by atoms with Gasteiger partial charge in [-0.2, -0.15) is 0 Å². The lowest BCUT2D eigenvalue weighted by molar-refractivity contribution is 0.153. The number of phenols is 1. The van der Waals surface area contributed by atoms with E-state index in [1.54, 1.807) is 0 Å². The van der Waals surface area contributed by atoms with Crippen LogP contribution in [-0.4, -0.2) is 54.7 Å². The van der Waals surface area contributed by atoms with E-state index in [-0.39, 0.29) is 11.3 Å². The van der Waals surface area contributed by atoms with Gasteiger partial charge in [-0.3, -0.25) is 0 Å². The highest BCUT2D eigenvalue weighted by molar-refractivity contribution is 5.29. The van der Waals surface area contributed by atoms with E-state index in [0.717, 1.165) is 51.3 Å². The van der Waals surface area contributed by atoms with Crippen molar-refractivity contribution < 1.29 is 13.9 Å². The number of benzene rings is 1. The van der Waals surface area contributed by atoms with Gasteiger partial charge in [0.1, 0.15) is 17.4 Å². The number of phenolic OH excluding ortho intramolecular Hbond substituents is 1. The van der Waals surface area contributed by atoms with Crippen LogP contribution in [0.3, 0.4) is 0 Å². The first-order valence-electron chi connectivity index (χ1n) is 6.64. The zero-order valence-electron chi connectivity index (χ0n) is 11.2. The molecule has 1 aliphatic rings. The highest BCUT2D eigenvalue weighted by Gasteiger charge is 2.15. The third-order valence-corrected chi connectivity index (χ3v) is 3.62. The van der Waals surface area contributed by atoms with Crippen LogP contribution in [0.4, 0.5) is 8.78 Å². The zero-order chi connectivity index (χ0) is 13.8. The second-order valence-corrected chi connectivity index (χ2v) is 5.14. The standard InChI is InChI=1S/C14H20F2N2O/c1-17-5-7-18(8-6-17)4-2-3-12-13(15)9-11(19)10-14(12)16/h9-10,19H,2-8H2,1H3. The molecule has 0 saturated carbocycles. The third-order valence-electron chi connectivity index (χ3n) is 3.62. The fraction of sp³-hybridized carbons (Fsp3) is 0.571. The molecule has 19 heavy (non-hydrogen) atoms. The number of piperazine rings is 1. The number of hydrogen-bond acceptors (Lipinski definition) is 3. The summed E-state index contributed by atoms with van der Waals surface area (Å²) in [5.41, 5.74) is 0.0759. The minimum atomic E-state index is -0.657. The fourth-order valence-electron chi connectivity index (χ4n) is 2.38. The molecule has 5 heteroatoms. The normalized spacial score (nSPS) is 17.8. The minimum absolute atomic E-state index is 0.0759. The zero-order valence-corrected chi connectivity index (χ0v) is 11.2. The van der Waals surface area contributed by atoms with E-state index in [1.165, 1.54) is 0 Å². The van der Waals surface area contributed by atoms with E-state index in [0.29, 0.717) is 6.42 Å². The van der Waals surface area contributed by atoms with Crippen molar-refractivity contribution in [1.82, 2.24) is 9.80 Å². The Morgan fingerprint density at radius 2 is 1.68 bits per heavy atom. The maximum atomic E-state index is 13.5. The molecule has 1 heterocycles. The van der Waals surface area contributed by atoms with Gasteiger partial charge < -0.3 is 14.9 Å². The molecule has 106 valence electrons. The first kappa shape index (κ1) is 14.2. The number of hydrogen-bond donors (Lipinski definition) is 1.